The van der Waals surface area contributed by atoms with E-state index in [1.807, 2.05) is 12.1 Å². The summed E-state index contributed by atoms with van der Waals surface area (Å²) in [6.07, 6.45) is 6.59. The fraction of sp³-hybridized carbons (Fsp3) is 0.588. The number of nitrogens with zero attached hydrogens (tertiary/aromatic N) is 3. The first kappa shape index (κ1) is 16.5. The van der Waals surface area contributed by atoms with Gasteiger partial charge in [0, 0.05) is 12.6 Å². The van der Waals surface area contributed by atoms with Crippen molar-refractivity contribution in [3.63, 3.8) is 0 Å². The first-order valence-electron chi connectivity index (χ1n) is 8.74. The van der Waals surface area contributed by atoms with Crippen molar-refractivity contribution in [2.45, 2.75) is 52.1 Å². The summed E-state index contributed by atoms with van der Waals surface area (Å²) in [7, 11) is 0. The van der Waals surface area contributed by atoms with Crippen LogP contribution in [0.4, 0.5) is 0 Å². The third kappa shape index (κ3) is 4.37. The maximum Gasteiger partial charge on any atom is 0.216 e. The molecule has 24 heavy (non-hydrogen) atoms. The summed E-state index contributed by atoms with van der Waals surface area (Å²) in [5, 5.41) is 13.9. The van der Waals surface area contributed by atoms with Crippen LogP contribution in [0.15, 0.2) is 27.8 Å². The van der Waals surface area contributed by atoms with Gasteiger partial charge in [-0.15, -0.1) is 5.10 Å². The minimum absolute atomic E-state index is 0.451. The molecule has 130 valence electrons. The Morgan fingerprint density at radius 2 is 2.21 bits per heavy atom. The van der Waals surface area contributed by atoms with E-state index < -0.39 is 0 Å². The molecule has 1 saturated carbocycles. The molecule has 0 amide bonds. The van der Waals surface area contributed by atoms with Gasteiger partial charge in [-0.2, -0.15) is 0 Å². The van der Waals surface area contributed by atoms with Crippen molar-refractivity contribution in [1.29, 1.82) is 0 Å². The summed E-state index contributed by atoms with van der Waals surface area (Å²) in [4.78, 5) is 9.04. The van der Waals surface area contributed by atoms with Crippen molar-refractivity contribution in [3.05, 3.63) is 24.2 Å². The third-order valence-electron chi connectivity index (χ3n) is 4.36. The van der Waals surface area contributed by atoms with Gasteiger partial charge in [0.1, 0.15) is 12.4 Å². The summed E-state index contributed by atoms with van der Waals surface area (Å²) in [6.45, 7) is 5.69. The van der Waals surface area contributed by atoms with Crippen LogP contribution in [0.3, 0.4) is 0 Å². The number of aromatic amines is 1. The van der Waals surface area contributed by atoms with Crippen molar-refractivity contribution in [2.24, 2.45) is 10.9 Å². The summed E-state index contributed by atoms with van der Waals surface area (Å²) in [5.74, 6) is 3.62. The molecule has 0 aliphatic heterocycles. The number of hydrogen-bond acceptors (Lipinski definition) is 4. The molecule has 3 rings (SSSR count). The van der Waals surface area contributed by atoms with Gasteiger partial charge in [-0.05, 0) is 50.7 Å². The molecule has 0 unspecified atom stereocenters. The second-order valence-corrected chi connectivity index (χ2v) is 6.38. The van der Waals surface area contributed by atoms with Crippen molar-refractivity contribution >= 4 is 5.96 Å². The number of guanidine groups is 1. The Bertz CT molecular complexity index is 640. The Balaban J connectivity index is 1.59. The molecule has 0 atom stereocenters. The van der Waals surface area contributed by atoms with E-state index >= 15 is 0 Å². The van der Waals surface area contributed by atoms with E-state index in [0.717, 1.165) is 24.2 Å². The summed E-state index contributed by atoms with van der Waals surface area (Å²) in [5.41, 5.74) is 0. The van der Waals surface area contributed by atoms with Gasteiger partial charge in [0.25, 0.3) is 0 Å². The van der Waals surface area contributed by atoms with Gasteiger partial charge in [-0.3, -0.25) is 5.10 Å². The molecular weight excluding hydrogens is 304 g/mol. The summed E-state index contributed by atoms with van der Waals surface area (Å²) in [6, 6.07) is 4.17. The van der Waals surface area contributed by atoms with Crippen LogP contribution in [-0.2, 0) is 6.54 Å². The predicted octanol–water partition coefficient (Wildman–Crippen LogP) is 2.70. The van der Waals surface area contributed by atoms with Crippen LogP contribution in [0.1, 0.15) is 45.4 Å². The SMILES string of the molecule is CCNC(=NCc1nc(-c2ccco2)n[nH]1)NC1CCC(C)CC1. The normalized spacial score (nSPS) is 21.7. The predicted molar refractivity (Wildman–Crippen MR) is 93.5 cm³/mol. The molecule has 0 bridgehead atoms. The Kier molecular flexibility index (Phi) is 5.51. The van der Waals surface area contributed by atoms with Crippen molar-refractivity contribution in [3.8, 4) is 11.6 Å². The van der Waals surface area contributed by atoms with Crippen LogP contribution < -0.4 is 10.6 Å². The number of aromatic nitrogens is 3. The highest BCUT2D eigenvalue weighted by molar-refractivity contribution is 5.80. The fourth-order valence-corrected chi connectivity index (χ4v) is 2.95. The molecular formula is C17H26N6O. The molecule has 7 heteroatoms. The molecule has 3 N–H and O–H groups in total. The highest BCUT2D eigenvalue weighted by Crippen LogP contribution is 2.23. The molecule has 2 heterocycles. The van der Waals surface area contributed by atoms with Gasteiger partial charge in [-0.25, -0.2) is 9.98 Å². The summed E-state index contributed by atoms with van der Waals surface area (Å²) < 4.78 is 5.30. The number of furan rings is 1. The van der Waals surface area contributed by atoms with Gasteiger partial charge in [-0.1, -0.05) is 6.92 Å². The summed E-state index contributed by atoms with van der Waals surface area (Å²) >= 11 is 0. The van der Waals surface area contributed by atoms with Gasteiger partial charge in [0.15, 0.2) is 11.7 Å². The number of hydrogen-bond donors (Lipinski definition) is 3. The molecule has 0 saturated heterocycles. The molecule has 0 spiro atoms. The molecule has 0 radical (unpaired) electrons. The van der Waals surface area contributed by atoms with Gasteiger partial charge in [0.05, 0.1) is 6.26 Å². The smallest absolute Gasteiger partial charge is 0.216 e. The molecule has 1 aliphatic rings. The number of rotatable bonds is 5. The van der Waals surface area contributed by atoms with Crippen LogP contribution >= 0.6 is 0 Å². The fourth-order valence-electron chi connectivity index (χ4n) is 2.95. The lowest BCUT2D eigenvalue weighted by Gasteiger charge is -2.28. The highest BCUT2D eigenvalue weighted by atomic mass is 16.3. The average molecular weight is 330 g/mol. The van der Waals surface area contributed by atoms with Gasteiger partial charge < -0.3 is 15.1 Å². The Labute approximate surface area is 142 Å². The van der Waals surface area contributed by atoms with E-state index in [-0.39, 0.29) is 0 Å². The molecule has 2 aromatic rings. The maximum atomic E-state index is 5.30. The largest absolute Gasteiger partial charge is 0.461 e. The van der Waals surface area contributed by atoms with E-state index in [4.69, 9.17) is 4.42 Å². The first-order valence-corrected chi connectivity index (χ1v) is 8.74. The van der Waals surface area contributed by atoms with E-state index in [1.54, 1.807) is 6.26 Å². The molecule has 1 aliphatic carbocycles. The molecule has 2 aromatic heterocycles. The molecule has 7 nitrogen and oxygen atoms in total. The lowest BCUT2D eigenvalue weighted by atomic mass is 9.87. The molecule has 0 aromatic carbocycles. The lowest BCUT2D eigenvalue weighted by Crippen LogP contribution is -2.44. The average Bonchev–Trinajstić information content (AvgIpc) is 3.26. The van der Waals surface area contributed by atoms with E-state index in [0.29, 0.717) is 24.2 Å². The van der Waals surface area contributed by atoms with Crippen molar-refractivity contribution in [2.75, 3.05) is 6.54 Å². The van der Waals surface area contributed by atoms with Crippen LogP contribution in [0.5, 0.6) is 0 Å². The monoisotopic (exact) mass is 330 g/mol. The Morgan fingerprint density at radius 1 is 1.38 bits per heavy atom. The minimum atomic E-state index is 0.451. The van der Waals surface area contributed by atoms with Crippen LogP contribution in [0.2, 0.25) is 0 Å². The minimum Gasteiger partial charge on any atom is -0.461 e. The van der Waals surface area contributed by atoms with Crippen LogP contribution in [0, 0.1) is 5.92 Å². The van der Waals surface area contributed by atoms with E-state index in [1.165, 1.54) is 25.7 Å². The van der Waals surface area contributed by atoms with E-state index in [9.17, 15) is 0 Å². The number of aliphatic imine (C=N–C) groups is 1. The maximum absolute atomic E-state index is 5.30. The standard InChI is InChI=1S/C17H26N6O/c1-3-18-17(20-13-8-6-12(2)7-9-13)19-11-15-21-16(23-22-15)14-5-4-10-24-14/h4-5,10,12-13H,3,6-9,11H2,1-2H3,(H2,18,19,20)(H,21,22,23). The molecule has 1 fully saturated rings. The topological polar surface area (TPSA) is 91.1 Å². The lowest BCUT2D eigenvalue weighted by molar-refractivity contribution is 0.329. The second kappa shape index (κ2) is 7.99. The quantitative estimate of drug-likeness (QED) is 0.579. The zero-order valence-corrected chi connectivity index (χ0v) is 14.4. The number of nitrogens with one attached hydrogen (secondary N) is 3. The van der Waals surface area contributed by atoms with Gasteiger partial charge in [0.2, 0.25) is 5.82 Å². The van der Waals surface area contributed by atoms with Crippen molar-refractivity contribution in [1.82, 2.24) is 25.8 Å². The van der Waals surface area contributed by atoms with E-state index in [2.05, 4.69) is 44.7 Å². The number of H-pyrrole nitrogens is 1. The Morgan fingerprint density at radius 3 is 2.92 bits per heavy atom. The third-order valence-corrected chi connectivity index (χ3v) is 4.36. The van der Waals surface area contributed by atoms with Gasteiger partial charge >= 0.3 is 0 Å². The first-order chi connectivity index (χ1) is 11.7. The zero-order chi connectivity index (χ0) is 16.8. The van der Waals surface area contributed by atoms with Crippen LogP contribution in [-0.4, -0.2) is 33.7 Å². The second-order valence-electron chi connectivity index (χ2n) is 6.38. The van der Waals surface area contributed by atoms with Crippen molar-refractivity contribution < 1.29 is 4.42 Å². The van der Waals surface area contributed by atoms with Crippen LogP contribution in [0.25, 0.3) is 11.6 Å². The highest BCUT2D eigenvalue weighted by Gasteiger charge is 2.19. The Hall–Kier alpha value is -2.31. The zero-order valence-electron chi connectivity index (χ0n) is 14.4.